The van der Waals surface area contributed by atoms with Gasteiger partial charge >= 0.3 is 0 Å². The molecule has 4 heterocycles. The molecule has 0 fully saturated rings. The molecule has 0 saturated carbocycles. The van der Waals surface area contributed by atoms with Gasteiger partial charge < -0.3 is 13.4 Å². The number of nitrogens with zero attached hydrogens (tertiary/aromatic N) is 3. The molecule has 0 amide bonds. The molecule has 11 rings (SSSR count). The molecule has 11 aromatic rings. The highest BCUT2D eigenvalue weighted by atomic mass is 15.0. The summed E-state index contributed by atoms with van der Waals surface area (Å²) in [4.78, 5) is 0. The molecule has 0 aliphatic carbocycles. The zero-order chi connectivity index (χ0) is 29.2. The molecule has 0 N–H and O–H groups in total. The Morgan fingerprint density at radius 2 is 0.733 bits per heavy atom. The summed E-state index contributed by atoms with van der Waals surface area (Å²) in [5, 5.41) is 7.73. The van der Waals surface area contributed by atoms with E-state index in [0.717, 1.165) is 5.69 Å². The molecule has 4 aromatic heterocycles. The Hall–Kier alpha value is -6.06. The second-order valence-electron chi connectivity index (χ2n) is 12.2. The fourth-order valence-corrected chi connectivity index (χ4v) is 8.14. The number of benzene rings is 7. The van der Waals surface area contributed by atoms with Gasteiger partial charge in [0.1, 0.15) is 0 Å². The summed E-state index contributed by atoms with van der Waals surface area (Å²) in [5.41, 5.74) is 13.4. The van der Waals surface area contributed by atoms with Gasteiger partial charge in [0.15, 0.2) is 0 Å². The normalized spacial score (nSPS) is 12.4. The van der Waals surface area contributed by atoms with Gasteiger partial charge in [-0.3, -0.25) is 0 Å². The van der Waals surface area contributed by atoms with E-state index < -0.39 is 0 Å². The Bertz CT molecular complexity index is 2790. The lowest BCUT2D eigenvalue weighted by Crippen LogP contribution is -1.93. The fraction of sp³-hybridized carbons (Fsp3) is 0. The zero-order valence-electron chi connectivity index (χ0n) is 24.3. The Morgan fingerprint density at radius 1 is 0.289 bits per heavy atom. The molecule has 0 aliphatic heterocycles. The van der Waals surface area contributed by atoms with Crippen LogP contribution in [0.2, 0.25) is 0 Å². The molecule has 3 heteroatoms. The number of hydrogen-bond donors (Lipinski definition) is 0. The van der Waals surface area contributed by atoms with Crippen molar-refractivity contribution < 1.29 is 0 Å². The van der Waals surface area contributed by atoms with Gasteiger partial charge in [-0.05, 0) is 59.7 Å². The summed E-state index contributed by atoms with van der Waals surface area (Å²) in [6.07, 6.45) is 0. The lowest BCUT2D eigenvalue weighted by molar-refractivity contribution is 1.18. The van der Waals surface area contributed by atoms with E-state index in [0.29, 0.717) is 0 Å². The van der Waals surface area contributed by atoms with Crippen LogP contribution in [0.5, 0.6) is 0 Å². The van der Waals surface area contributed by atoms with E-state index >= 15 is 0 Å². The number of rotatable bonds is 2. The molecular weight excluding hydrogens is 546 g/mol. The van der Waals surface area contributed by atoms with Crippen molar-refractivity contribution >= 4 is 76.5 Å². The van der Waals surface area contributed by atoms with E-state index in [1.54, 1.807) is 0 Å². The van der Waals surface area contributed by atoms with Crippen LogP contribution in [-0.2, 0) is 0 Å². The summed E-state index contributed by atoms with van der Waals surface area (Å²) in [6.45, 7) is 0. The Labute approximate surface area is 257 Å². The number of fused-ring (bicyclic) bond motifs is 9. The largest absolute Gasteiger partial charge is 0.309 e. The molecule has 0 radical (unpaired) electrons. The SMILES string of the molecule is c1ccc(-c2ccc(-n3c4ccc5c6ccccc6n6c7ccccc7n7c8ccccc8c8ccc3c(c4c56)c87)cc2)cc1. The zero-order valence-corrected chi connectivity index (χ0v) is 24.3. The Morgan fingerprint density at radius 3 is 1.27 bits per heavy atom. The van der Waals surface area contributed by atoms with Gasteiger partial charge in [0.25, 0.3) is 0 Å². The third kappa shape index (κ3) is 2.86. The van der Waals surface area contributed by atoms with Crippen LogP contribution in [0, 0.1) is 0 Å². The highest BCUT2D eigenvalue weighted by Crippen LogP contribution is 2.46. The second kappa shape index (κ2) is 8.31. The van der Waals surface area contributed by atoms with Crippen LogP contribution >= 0.6 is 0 Å². The van der Waals surface area contributed by atoms with E-state index in [1.165, 1.54) is 87.6 Å². The number of aromatic nitrogens is 3. The number of para-hydroxylation sites is 4. The van der Waals surface area contributed by atoms with Crippen LogP contribution in [0.1, 0.15) is 0 Å². The van der Waals surface area contributed by atoms with Crippen LogP contribution in [-0.4, -0.2) is 13.4 Å². The van der Waals surface area contributed by atoms with E-state index in [4.69, 9.17) is 0 Å². The van der Waals surface area contributed by atoms with Gasteiger partial charge in [-0.15, -0.1) is 0 Å². The van der Waals surface area contributed by atoms with Crippen molar-refractivity contribution in [2.24, 2.45) is 0 Å². The van der Waals surface area contributed by atoms with E-state index in [1.807, 2.05) is 0 Å². The summed E-state index contributed by atoms with van der Waals surface area (Å²) >= 11 is 0. The van der Waals surface area contributed by atoms with Crippen molar-refractivity contribution in [3.8, 4) is 16.8 Å². The quantitative estimate of drug-likeness (QED) is 0.196. The first kappa shape index (κ1) is 23.4. The van der Waals surface area contributed by atoms with E-state index in [-0.39, 0.29) is 0 Å². The second-order valence-corrected chi connectivity index (χ2v) is 12.2. The summed E-state index contributed by atoms with van der Waals surface area (Å²) in [5.74, 6) is 0. The highest BCUT2D eigenvalue weighted by molar-refractivity contribution is 6.33. The van der Waals surface area contributed by atoms with Crippen molar-refractivity contribution in [3.05, 3.63) is 152 Å². The van der Waals surface area contributed by atoms with Gasteiger partial charge in [-0.1, -0.05) is 103 Å². The molecular formula is C42H25N3. The molecule has 3 nitrogen and oxygen atoms in total. The topological polar surface area (TPSA) is 13.8 Å². The predicted octanol–water partition coefficient (Wildman–Crippen LogP) is 11.0. The Balaban J connectivity index is 1.43. The third-order valence-electron chi connectivity index (χ3n) is 9.96. The molecule has 208 valence electrons. The first-order chi connectivity index (χ1) is 22.4. The van der Waals surface area contributed by atoms with Gasteiger partial charge in [-0.2, -0.15) is 0 Å². The molecule has 0 unspecified atom stereocenters. The average molecular weight is 572 g/mol. The first-order valence-corrected chi connectivity index (χ1v) is 15.5. The van der Waals surface area contributed by atoms with Crippen LogP contribution in [0.15, 0.2) is 152 Å². The van der Waals surface area contributed by atoms with E-state index in [2.05, 4.69) is 165 Å². The minimum Gasteiger partial charge on any atom is -0.309 e. The molecule has 7 aromatic carbocycles. The minimum atomic E-state index is 1.16. The van der Waals surface area contributed by atoms with Crippen LogP contribution < -0.4 is 0 Å². The smallest absolute Gasteiger partial charge is 0.0703 e. The van der Waals surface area contributed by atoms with Crippen LogP contribution in [0.4, 0.5) is 0 Å². The molecule has 0 saturated heterocycles. The maximum atomic E-state index is 2.52. The monoisotopic (exact) mass is 571 g/mol. The van der Waals surface area contributed by atoms with Crippen molar-refractivity contribution in [3.63, 3.8) is 0 Å². The van der Waals surface area contributed by atoms with Crippen LogP contribution in [0.3, 0.4) is 0 Å². The van der Waals surface area contributed by atoms with Crippen molar-refractivity contribution in [2.75, 3.05) is 0 Å². The average Bonchev–Trinajstić information content (AvgIpc) is 3.73. The molecule has 45 heavy (non-hydrogen) atoms. The molecule has 0 bridgehead atoms. The minimum absolute atomic E-state index is 1.16. The van der Waals surface area contributed by atoms with Crippen molar-refractivity contribution in [2.45, 2.75) is 0 Å². The maximum absolute atomic E-state index is 2.52. The van der Waals surface area contributed by atoms with Gasteiger partial charge in [-0.25, -0.2) is 0 Å². The van der Waals surface area contributed by atoms with Crippen molar-refractivity contribution in [1.29, 1.82) is 0 Å². The molecule has 0 atom stereocenters. The lowest BCUT2D eigenvalue weighted by Gasteiger charge is -2.09. The summed E-state index contributed by atoms with van der Waals surface area (Å²) in [7, 11) is 0. The first-order valence-electron chi connectivity index (χ1n) is 15.5. The molecule has 0 aliphatic rings. The predicted molar refractivity (Wildman–Crippen MR) is 189 cm³/mol. The summed E-state index contributed by atoms with van der Waals surface area (Å²) in [6, 6.07) is 55.7. The van der Waals surface area contributed by atoms with Crippen LogP contribution in [0.25, 0.3) is 93.3 Å². The van der Waals surface area contributed by atoms with Gasteiger partial charge in [0.2, 0.25) is 0 Å². The van der Waals surface area contributed by atoms with Gasteiger partial charge in [0, 0.05) is 38.0 Å². The van der Waals surface area contributed by atoms with Gasteiger partial charge in [0.05, 0.1) is 44.1 Å². The third-order valence-corrected chi connectivity index (χ3v) is 9.96. The number of hydrogen-bond acceptors (Lipinski definition) is 0. The highest BCUT2D eigenvalue weighted by Gasteiger charge is 2.25. The maximum Gasteiger partial charge on any atom is 0.0703 e. The molecule has 0 spiro atoms. The Kier molecular flexibility index (Phi) is 4.32. The van der Waals surface area contributed by atoms with Crippen molar-refractivity contribution in [1.82, 2.24) is 13.4 Å². The lowest BCUT2D eigenvalue weighted by atomic mass is 10.0. The fourth-order valence-electron chi connectivity index (χ4n) is 8.14. The standard InChI is InChI=1S/C42H25N3/c1-2-10-26(11-3-1)27-18-20-28(21-19-27)43-37-24-22-31-29-12-4-6-14-33(29)44-35-16-8-9-17-36(35)45-34-15-7-5-13-30(34)32-23-25-38(43)40(42(32)45)39(37)41(31)44/h1-25H. The summed E-state index contributed by atoms with van der Waals surface area (Å²) < 4.78 is 7.50. The van der Waals surface area contributed by atoms with E-state index in [9.17, 15) is 0 Å².